The number of amides is 3. The fourth-order valence-corrected chi connectivity index (χ4v) is 6.90. The number of nitrogens with one attached hydrogen (secondary N) is 2. The van der Waals surface area contributed by atoms with Crippen LogP contribution in [0.25, 0.3) is 10.8 Å². The summed E-state index contributed by atoms with van der Waals surface area (Å²) in [4.78, 5) is 47.0. The number of rotatable bonds is 15. The van der Waals surface area contributed by atoms with Crippen LogP contribution in [0.4, 0.5) is 4.39 Å². The third kappa shape index (κ3) is 9.39. The lowest BCUT2D eigenvalue weighted by Crippen LogP contribution is -2.56. The second-order valence-electron chi connectivity index (χ2n) is 13.4. The highest BCUT2D eigenvalue weighted by molar-refractivity contribution is 5.92. The first kappa shape index (κ1) is 35.4. The zero-order valence-electron chi connectivity index (χ0n) is 28.5. The van der Waals surface area contributed by atoms with Gasteiger partial charge in [0.05, 0.1) is 6.61 Å². The molecule has 2 N–H and O–H groups in total. The van der Waals surface area contributed by atoms with Gasteiger partial charge in [-0.3, -0.25) is 14.4 Å². The summed E-state index contributed by atoms with van der Waals surface area (Å²) in [5.74, 6) is -1.30. The van der Waals surface area contributed by atoms with Crippen molar-refractivity contribution in [1.82, 2.24) is 25.3 Å². The summed E-state index contributed by atoms with van der Waals surface area (Å²) in [6.07, 6.45) is 5.62. The van der Waals surface area contributed by atoms with Crippen LogP contribution in [-0.2, 0) is 32.0 Å². The summed E-state index contributed by atoms with van der Waals surface area (Å²) in [5, 5.41) is 8.56. The van der Waals surface area contributed by atoms with E-state index in [9.17, 15) is 18.8 Å². The molecule has 3 aromatic carbocycles. The molecule has 2 saturated heterocycles. The lowest BCUT2D eigenvalue weighted by molar-refractivity contribution is -0.149. The molecule has 2 aliphatic heterocycles. The lowest BCUT2D eigenvalue weighted by Gasteiger charge is -2.35. The second-order valence-corrected chi connectivity index (χ2v) is 13.4. The van der Waals surface area contributed by atoms with E-state index in [1.165, 1.54) is 21.9 Å². The Morgan fingerprint density at radius 2 is 1.67 bits per heavy atom. The number of hydrogen-bond acceptors (Lipinski definition) is 6. The predicted molar refractivity (Wildman–Crippen MR) is 186 cm³/mol. The van der Waals surface area contributed by atoms with Gasteiger partial charge in [-0.05, 0) is 86.3 Å². The molecule has 3 aromatic rings. The van der Waals surface area contributed by atoms with Gasteiger partial charge in [-0.15, -0.1) is 0 Å². The number of likely N-dealkylation sites (N-methyl/N-ethyl adjacent to an activating group) is 2. The summed E-state index contributed by atoms with van der Waals surface area (Å²) in [7, 11) is 5.35. The Morgan fingerprint density at radius 1 is 0.938 bits per heavy atom. The van der Waals surface area contributed by atoms with E-state index < -0.39 is 12.1 Å². The number of carbonyl (C=O) groups is 3. The highest BCUT2D eigenvalue weighted by Gasteiger charge is 2.35. The number of hydrogen-bond donors (Lipinski definition) is 2. The van der Waals surface area contributed by atoms with Crippen LogP contribution in [0.5, 0.6) is 0 Å². The largest absolute Gasteiger partial charge is 0.370 e. The molecular formula is C38H50FN5O4. The molecule has 2 fully saturated rings. The quantitative estimate of drug-likeness (QED) is 0.258. The number of halogens is 1. The molecule has 2 aliphatic rings. The van der Waals surface area contributed by atoms with Crippen molar-refractivity contribution in [3.05, 3.63) is 83.7 Å². The number of fused-ring (bicyclic) bond motifs is 1. The first-order chi connectivity index (χ1) is 23.2. The van der Waals surface area contributed by atoms with E-state index in [0.29, 0.717) is 19.2 Å². The maximum Gasteiger partial charge on any atom is 0.249 e. The number of benzene rings is 3. The van der Waals surface area contributed by atoms with E-state index >= 15 is 0 Å². The normalized spacial score (nSPS) is 19.2. The Hall–Kier alpha value is -3.86. The zero-order chi connectivity index (χ0) is 34.0. The maximum absolute atomic E-state index is 14.5. The van der Waals surface area contributed by atoms with Crippen molar-refractivity contribution in [3.8, 4) is 0 Å². The molecule has 0 bridgehead atoms. The Labute approximate surface area is 283 Å². The van der Waals surface area contributed by atoms with E-state index in [1.54, 1.807) is 26.2 Å². The van der Waals surface area contributed by atoms with Gasteiger partial charge >= 0.3 is 0 Å². The first-order valence-electron chi connectivity index (χ1n) is 17.2. The maximum atomic E-state index is 14.5. The van der Waals surface area contributed by atoms with Crippen molar-refractivity contribution >= 4 is 28.5 Å². The second kappa shape index (κ2) is 17.0. The van der Waals surface area contributed by atoms with Gasteiger partial charge < -0.3 is 30.1 Å². The zero-order valence-corrected chi connectivity index (χ0v) is 28.5. The molecule has 0 spiro atoms. The molecule has 4 atom stereocenters. The SMILES string of the molecule is CN1CCCC1CCNC(=O)[C@@H](Cc1ccc(F)cc1)N(C)C(=O)[C@@H](Cc1ccc2ccccc2c1)N(C)C(=O)COC[C@H]1CCCN1. The minimum absolute atomic E-state index is 0.144. The van der Waals surface area contributed by atoms with Gasteiger partial charge in [-0.2, -0.15) is 0 Å². The van der Waals surface area contributed by atoms with Crippen LogP contribution in [0.3, 0.4) is 0 Å². The number of likely N-dealkylation sites (tertiary alicyclic amines) is 1. The van der Waals surface area contributed by atoms with Crippen LogP contribution in [0.15, 0.2) is 66.7 Å². The molecule has 48 heavy (non-hydrogen) atoms. The monoisotopic (exact) mass is 659 g/mol. The van der Waals surface area contributed by atoms with Gasteiger partial charge in [0.25, 0.3) is 0 Å². The highest BCUT2D eigenvalue weighted by Crippen LogP contribution is 2.21. The summed E-state index contributed by atoms with van der Waals surface area (Å²) in [6.45, 7) is 2.77. The average Bonchev–Trinajstić information content (AvgIpc) is 3.77. The molecule has 258 valence electrons. The topological polar surface area (TPSA) is 94.2 Å². The van der Waals surface area contributed by atoms with Crippen molar-refractivity contribution in [2.24, 2.45) is 0 Å². The van der Waals surface area contributed by atoms with Crippen LogP contribution in [0.2, 0.25) is 0 Å². The minimum Gasteiger partial charge on any atom is -0.370 e. The number of nitrogens with zero attached hydrogens (tertiary/aromatic N) is 3. The standard InChI is InChI=1S/C38H50FN5O4/c1-42-21-7-11-33(42)18-20-41-37(46)34(23-27-13-16-31(39)17-14-27)44(3)38(47)35(24-28-12-15-29-8-4-5-9-30(29)22-28)43(2)36(45)26-48-25-32-10-6-19-40-32/h4-5,8-9,12-17,22,32-35,40H,6-7,10-11,18-21,23-26H2,1-3H3,(H,41,46)/t32-,33?,34-,35-/m1/s1. The third-order valence-corrected chi connectivity index (χ3v) is 10.0. The predicted octanol–water partition coefficient (Wildman–Crippen LogP) is 3.79. The highest BCUT2D eigenvalue weighted by atomic mass is 19.1. The first-order valence-corrected chi connectivity index (χ1v) is 17.2. The molecule has 0 saturated carbocycles. The van der Waals surface area contributed by atoms with Gasteiger partial charge in [-0.25, -0.2) is 4.39 Å². The van der Waals surface area contributed by atoms with Gasteiger partial charge in [0.1, 0.15) is 24.5 Å². The summed E-state index contributed by atoms with van der Waals surface area (Å²) < 4.78 is 19.6. The van der Waals surface area contributed by atoms with Crippen molar-refractivity contribution in [2.75, 3.05) is 54.0 Å². The fourth-order valence-electron chi connectivity index (χ4n) is 6.90. The van der Waals surface area contributed by atoms with E-state index in [-0.39, 0.29) is 49.0 Å². The summed E-state index contributed by atoms with van der Waals surface area (Å²) in [6, 6.07) is 18.9. The van der Waals surface area contributed by atoms with E-state index in [1.807, 2.05) is 42.5 Å². The van der Waals surface area contributed by atoms with Gasteiger partial charge in [0.15, 0.2) is 0 Å². The Morgan fingerprint density at radius 3 is 2.38 bits per heavy atom. The van der Waals surface area contributed by atoms with Crippen LogP contribution in [0.1, 0.15) is 43.2 Å². The van der Waals surface area contributed by atoms with E-state index in [0.717, 1.165) is 67.1 Å². The molecule has 5 rings (SSSR count). The molecule has 10 heteroatoms. The van der Waals surface area contributed by atoms with Crippen molar-refractivity contribution in [3.63, 3.8) is 0 Å². The Kier molecular flexibility index (Phi) is 12.6. The molecule has 0 aromatic heterocycles. The van der Waals surface area contributed by atoms with Crippen molar-refractivity contribution in [2.45, 2.75) is 69.1 Å². The summed E-state index contributed by atoms with van der Waals surface area (Å²) in [5.41, 5.74) is 1.63. The van der Waals surface area contributed by atoms with Crippen molar-refractivity contribution in [1.29, 1.82) is 0 Å². The third-order valence-electron chi connectivity index (χ3n) is 10.0. The molecule has 9 nitrogen and oxygen atoms in total. The van der Waals surface area contributed by atoms with Crippen LogP contribution in [0, 0.1) is 5.82 Å². The average molecular weight is 660 g/mol. The Bertz CT molecular complexity index is 1530. The lowest BCUT2D eigenvalue weighted by atomic mass is 9.98. The fraction of sp³-hybridized carbons (Fsp3) is 0.500. The van der Waals surface area contributed by atoms with Crippen LogP contribution >= 0.6 is 0 Å². The molecular weight excluding hydrogens is 609 g/mol. The minimum atomic E-state index is -0.882. The van der Waals surface area contributed by atoms with Crippen LogP contribution in [-0.4, -0.2) is 111 Å². The molecule has 1 unspecified atom stereocenters. The molecule has 2 heterocycles. The van der Waals surface area contributed by atoms with Gasteiger partial charge in [0.2, 0.25) is 17.7 Å². The van der Waals surface area contributed by atoms with E-state index in [2.05, 4.69) is 22.6 Å². The summed E-state index contributed by atoms with van der Waals surface area (Å²) >= 11 is 0. The van der Waals surface area contributed by atoms with Gasteiger partial charge in [0, 0.05) is 45.6 Å². The number of ether oxygens (including phenoxy) is 1. The Balaban J connectivity index is 1.35. The van der Waals surface area contributed by atoms with Crippen LogP contribution < -0.4 is 10.6 Å². The molecule has 0 radical (unpaired) electrons. The van der Waals surface area contributed by atoms with E-state index in [4.69, 9.17) is 4.74 Å². The van der Waals surface area contributed by atoms with Gasteiger partial charge in [-0.1, -0.05) is 54.6 Å². The number of carbonyl (C=O) groups excluding carboxylic acids is 3. The molecule has 0 aliphatic carbocycles. The smallest absolute Gasteiger partial charge is 0.249 e. The molecule has 3 amide bonds. The van der Waals surface area contributed by atoms with Crippen molar-refractivity contribution < 1.29 is 23.5 Å².